The molecule has 14 heteroatoms. The third-order valence-electron chi connectivity index (χ3n) is 7.64. The predicted octanol–water partition coefficient (Wildman–Crippen LogP) is 5.38. The van der Waals surface area contributed by atoms with Crippen molar-refractivity contribution in [3.63, 3.8) is 0 Å². The van der Waals surface area contributed by atoms with E-state index in [1.54, 1.807) is 48.5 Å². The topological polar surface area (TPSA) is 107 Å². The number of benzene rings is 3. The highest BCUT2D eigenvalue weighted by Gasteiger charge is 2.57. The van der Waals surface area contributed by atoms with Gasteiger partial charge >= 0.3 is 11.0 Å². The Morgan fingerprint density at radius 2 is 1.60 bits per heavy atom. The van der Waals surface area contributed by atoms with Crippen LogP contribution in [0.1, 0.15) is 21.9 Å². The van der Waals surface area contributed by atoms with Crippen molar-refractivity contribution < 1.29 is 37.0 Å². The molecule has 6 rings (SSSR count). The van der Waals surface area contributed by atoms with Crippen LogP contribution < -0.4 is 24.6 Å². The third-order valence-corrected chi connectivity index (χ3v) is 10.2. The van der Waals surface area contributed by atoms with Gasteiger partial charge in [0.1, 0.15) is 11.8 Å². The van der Waals surface area contributed by atoms with Crippen molar-refractivity contribution in [2.24, 2.45) is 5.92 Å². The van der Waals surface area contributed by atoms with Gasteiger partial charge in [-0.25, -0.2) is 4.90 Å². The molecule has 0 aliphatic carbocycles. The van der Waals surface area contributed by atoms with E-state index >= 15 is 0 Å². The Kier molecular flexibility index (Phi) is 7.95. The highest BCUT2D eigenvalue weighted by atomic mass is 32.2. The minimum atomic E-state index is -4.71. The summed E-state index contributed by atoms with van der Waals surface area (Å²) in [5, 5.41) is 1.61. The number of halogens is 3. The Bertz CT molecular complexity index is 1870. The number of amides is 3. The number of thiazole rings is 1. The van der Waals surface area contributed by atoms with Crippen LogP contribution in [0.25, 0.3) is 0 Å². The molecule has 0 saturated carbocycles. The quantitative estimate of drug-likeness (QED) is 0.267. The second-order valence-corrected chi connectivity index (χ2v) is 12.3. The molecule has 1 N–H and O–H groups in total. The lowest BCUT2D eigenvalue weighted by molar-refractivity contribution is -0.137. The summed E-state index contributed by atoms with van der Waals surface area (Å²) >= 11 is 1.82. The number of anilines is 2. The number of ether oxygens (including phenoxy) is 2. The Balaban J connectivity index is 1.43. The van der Waals surface area contributed by atoms with Crippen LogP contribution in [0.3, 0.4) is 0 Å². The van der Waals surface area contributed by atoms with Crippen molar-refractivity contribution in [2.45, 2.75) is 28.9 Å². The van der Waals surface area contributed by atoms with E-state index < -0.39 is 63.7 Å². The highest BCUT2D eigenvalue weighted by molar-refractivity contribution is 8.00. The number of fused-ring (bicyclic) bond motifs is 2. The van der Waals surface area contributed by atoms with Crippen LogP contribution in [0, 0.1) is 5.92 Å². The number of carbonyl (C=O) groups excluding carboxylic acids is 3. The van der Waals surface area contributed by atoms with Crippen LogP contribution in [-0.2, 0) is 27.1 Å². The molecule has 4 aromatic rings. The largest absolute Gasteiger partial charge is 0.493 e. The summed E-state index contributed by atoms with van der Waals surface area (Å²) < 4.78 is 52.6. The number of imide groups is 1. The normalized spacial score (nSPS) is 19.2. The van der Waals surface area contributed by atoms with Crippen molar-refractivity contribution in [1.82, 2.24) is 4.57 Å². The van der Waals surface area contributed by atoms with E-state index in [9.17, 15) is 32.3 Å². The Morgan fingerprint density at radius 3 is 2.29 bits per heavy atom. The molecule has 9 nitrogen and oxygen atoms in total. The Hall–Kier alpha value is -4.56. The molecule has 0 bridgehead atoms. The first-order valence-corrected chi connectivity index (χ1v) is 15.2. The second kappa shape index (κ2) is 11.7. The summed E-state index contributed by atoms with van der Waals surface area (Å²) in [7, 11) is 2.93. The van der Waals surface area contributed by atoms with Gasteiger partial charge < -0.3 is 14.8 Å². The van der Waals surface area contributed by atoms with Crippen molar-refractivity contribution in [3.8, 4) is 11.5 Å². The number of rotatable bonds is 7. The van der Waals surface area contributed by atoms with Gasteiger partial charge in [0.15, 0.2) is 11.5 Å². The summed E-state index contributed by atoms with van der Waals surface area (Å²) in [6.07, 6.45) is -4.71. The first-order valence-electron chi connectivity index (χ1n) is 13.5. The molecule has 1 aromatic heterocycles. The molecule has 1 fully saturated rings. The van der Waals surface area contributed by atoms with Crippen molar-refractivity contribution in [3.05, 3.63) is 98.5 Å². The van der Waals surface area contributed by atoms with E-state index in [4.69, 9.17) is 9.47 Å². The Labute approximate surface area is 262 Å². The number of aromatic nitrogens is 1. The molecule has 45 heavy (non-hydrogen) atoms. The van der Waals surface area contributed by atoms with Crippen LogP contribution in [0.4, 0.5) is 24.5 Å². The maximum Gasteiger partial charge on any atom is 0.418 e. The predicted molar refractivity (Wildman–Crippen MR) is 162 cm³/mol. The third kappa shape index (κ3) is 5.37. The first kappa shape index (κ1) is 30.5. The number of para-hydroxylation sites is 2. The van der Waals surface area contributed by atoms with Gasteiger partial charge in [0.2, 0.25) is 17.7 Å². The summed E-state index contributed by atoms with van der Waals surface area (Å²) in [5.41, 5.74) is -0.493. The summed E-state index contributed by atoms with van der Waals surface area (Å²) in [6.45, 7) is -0.607. The SMILES string of the molecule is COc1ccc([C@H]2c3sc(=O)n(CC(=O)Nc4ccccc4C(F)(F)F)c3SC3C(=O)N(c4ccccc4)C(=O)C32)cc1OC. The van der Waals surface area contributed by atoms with Gasteiger partial charge in [-0.15, -0.1) is 0 Å². The van der Waals surface area contributed by atoms with Crippen LogP contribution >= 0.6 is 23.1 Å². The molecule has 0 radical (unpaired) electrons. The zero-order valence-corrected chi connectivity index (χ0v) is 25.3. The molecule has 2 aliphatic heterocycles. The fourth-order valence-corrected chi connectivity index (χ4v) is 8.44. The molecule has 232 valence electrons. The second-order valence-electron chi connectivity index (χ2n) is 10.2. The van der Waals surface area contributed by atoms with E-state index in [1.807, 2.05) is 0 Å². The number of methoxy groups -OCH3 is 2. The van der Waals surface area contributed by atoms with Gasteiger partial charge in [-0.2, -0.15) is 13.2 Å². The number of carbonyl (C=O) groups is 3. The maximum atomic E-state index is 14.0. The molecular formula is C31H24F3N3O6S2. The van der Waals surface area contributed by atoms with Crippen LogP contribution in [0.5, 0.6) is 11.5 Å². The molecular weight excluding hydrogens is 631 g/mol. The van der Waals surface area contributed by atoms with Crippen molar-refractivity contribution in [2.75, 3.05) is 24.4 Å². The van der Waals surface area contributed by atoms with E-state index in [2.05, 4.69) is 5.32 Å². The summed E-state index contributed by atoms with van der Waals surface area (Å²) in [4.78, 5) is 55.3. The van der Waals surface area contributed by atoms with Gasteiger partial charge in [0.25, 0.3) is 0 Å². The Morgan fingerprint density at radius 1 is 0.911 bits per heavy atom. The fourth-order valence-electron chi connectivity index (χ4n) is 5.66. The molecule has 2 aliphatic rings. The van der Waals surface area contributed by atoms with Crippen LogP contribution in [0.15, 0.2) is 82.6 Å². The van der Waals surface area contributed by atoms with Gasteiger partial charge in [-0.05, 0) is 42.0 Å². The smallest absolute Gasteiger partial charge is 0.418 e. The number of thioether (sulfide) groups is 1. The lowest BCUT2D eigenvalue weighted by atomic mass is 9.83. The number of hydrogen-bond donors (Lipinski definition) is 1. The number of hydrogen-bond acceptors (Lipinski definition) is 8. The summed E-state index contributed by atoms with van der Waals surface area (Å²) in [5.74, 6) is -2.65. The van der Waals surface area contributed by atoms with Gasteiger partial charge in [-0.1, -0.05) is 59.5 Å². The van der Waals surface area contributed by atoms with E-state index in [0.717, 1.165) is 44.7 Å². The van der Waals surface area contributed by atoms with E-state index in [0.29, 0.717) is 32.7 Å². The molecule has 3 heterocycles. The molecule has 3 aromatic carbocycles. The molecule has 1 saturated heterocycles. The van der Waals surface area contributed by atoms with E-state index in [1.165, 1.54) is 26.4 Å². The molecule has 2 unspecified atom stereocenters. The van der Waals surface area contributed by atoms with Gasteiger partial charge in [0.05, 0.1) is 42.1 Å². The van der Waals surface area contributed by atoms with Gasteiger partial charge in [-0.3, -0.25) is 23.7 Å². The molecule has 3 amide bonds. The molecule has 3 atom stereocenters. The van der Waals surface area contributed by atoms with Crippen LogP contribution in [-0.4, -0.2) is 41.8 Å². The average Bonchev–Trinajstić information content (AvgIpc) is 3.46. The lowest BCUT2D eigenvalue weighted by Crippen LogP contribution is -2.33. The first-order chi connectivity index (χ1) is 21.5. The fraction of sp³-hybridized carbons (Fsp3) is 0.226. The molecule has 0 spiro atoms. The number of alkyl halides is 3. The van der Waals surface area contributed by atoms with Crippen molar-refractivity contribution >= 4 is 52.2 Å². The van der Waals surface area contributed by atoms with Gasteiger partial charge in [0, 0.05) is 10.8 Å². The zero-order chi connectivity index (χ0) is 32.0. The number of nitrogens with one attached hydrogen (secondary N) is 1. The highest BCUT2D eigenvalue weighted by Crippen LogP contribution is 2.54. The van der Waals surface area contributed by atoms with E-state index in [-0.39, 0.29) is 0 Å². The lowest BCUT2D eigenvalue weighted by Gasteiger charge is -2.31. The summed E-state index contributed by atoms with van der Waals surface area (Å²) in [6, 6.07) is 18.1. The number of nitrogens with zero attached hydrogens (tertiary/aromatic N) is 2. The standard InChI is InChI=1S/C31H24F3N3O6S2/c1-42-20-13-12-16(14-21(20)43-2)23-24-25(28(40)37(27(24)39)17-8-4-3-5-9-17)44-29-26(23)45-30(41)36(29)15-22(38)35-19-11-7-6-10-18(19)31(32,33)34/h3-14,23-25H,15H2,1-2H3,(H,35,38)/t23-,24?,25?/m1/s1. The minimum Gasteiger partial charge on any atom is -0.493 e. The average molecular weight is 656 g/mol. The zero-order valence-electron chi connectivity index (χ0n) is 23.7. The van der Waals surface area contributed by atoms with Crippen molar-refractivity contribution in [1.29, 1.82) is 0 Å². The van der Waals surface area contributed by atoms with Crippen LogP contribution in [0.2, 0.25) is 0 Å². The monoisotopic (exact) mass is 655 g/mol. The minimum absolute atomic E-state index is 0.293. The maximum absolute atomic E-state index is 14.0.